The molecule has 0 N–H and O–H groups in total. The number of rotatable bonds is 4. The van der Waals surface area contributed by atoms with E-state index in [0.717, 1.165) is 11.6 Å². The fourth-order valence-electron chi connectivity index (χ4n) is 2.98. The topological polar surface area (TPSA) is 55.2 Å². The van der Waals surface area contributed by atoms with Gasteiger partial charge in [0.05, 0.1) is 17.2 Å². The van der Waals surface area contributed by atoms with Crippen LogP contribution >= 0.6 is 0 Å². The van der Waals surface area contributed by atoms with Crippen molar-refractivity contribution in [2.45, 2.75) is 39.3 Å². The first-order chi connectivity index (χ1) is 13.1. The molecular formula is C22H24FN3O2. The fraction of sp³-hybridized carbons (Fsp3) is 0.318. The molecule has 28 heavy (non-hydrogen) atoms. The summed E-state index contributed by atoms with van der Waals surface area (Å²) in [7, 11) is 1.69. The van der Waals surface area contributed by atoms with Crippen LogP contribution in [0.2, 0.25) is 0 Å². The smallest absolute Gasteiger partial charge is 0.261 e. The Hall–Kier alpha value is -3.02. The Labute approximate surface area is 163 Å². The van der Waals surface area contributed by atoms with Gasteiger partial charge in [-0.25, -0.2) is 9.37 Å². The number of halogens is 1. The number of carbonyl (C=O) groups is 1. The summed E-state index contributed by atoms with van der Waals surface area (Å²) in [6.45, 7) is 6.75. The molecule has 6 heteroatoms. The van der Waals surface area contributed by atoms with Gasteiger partial charge in [-0.3, -0.25) is 14.2 Å². The predicted octanol–water partition coefficient (Wildman–Crippen LogP) is 3.49. The van der Waals surface area contributed by atoms with E-state index in [1.54, 1.807) is 11.9 Å². The van der Waals surface area contributed by atoms with Gasteiger partial charge in [-0.15, -0.1) is 0 Å². The standard InChI is InChI=1S/C22H24FN3O2/c1-22(2,3)16-7-5-15(6-8-16)12-25(4)20(27)13-26-14-24-19-10-9-17(23)11-18(19)21(26)28/h5-11,14H,12-13H2,1-4H3. The lowest BCUT2D eigenvalue weighted by Gasteiger charge is -2.21. The van der Waals surface area contributed by atoms with E-state index in [1.165, 1.54) is 28.6 Å². The van der Waals surface area contributed by atoms with E-state index >= 15 is 0 Å². The van der Waals surface area contributed by atoms with Gasteiger partial charge in [0.2, 0.25) is 5.91 Å². The van der Waals surface area contributed by atoms with Crippen molar-refractivity contribution in [3.8, 4) is 0 Å². The summed E-state index contributed by atoms with van der Waals surface area (Å²) < 4.78 is 14.6. The summed E-state index contributed by atoms with van der Waals surface area (Å²) in [4.78, 5) is 30.8. The average Bonchev–Trinajstić information content (AvgIpc) is 2.64. The minimum Gasteiger partial charge on any atom is -0.340 e. The number of hydrogen-bond acceptors (Lipinski definition) is 3. The van der Waals surface area contributed by atoms with Crippen molar-refractivity contribution < 1.29 is 9.18 Å². The molecular weight excluding hydrogens is 357 g/mol. The number of benzene rings is 2. The summed E-state index contributed by atoms with van der Waals surface area (Å²) in [6.07, 6.45) is 1.33. The lowest BCUT2D eigenvalue weighted by Crippen LogP contribution is -2.33. The van der Waals surface area contributed by atoms with Gasteiger partial charge in [0.25, 0.3) is 5.56 Å². The van der Waals surface area contributed by atoms with Crippen molar-refractivity contribution in [1.29, 1.82) is 0 Å². The molecule has 1 amide bonds. The predicted molar refractivity (Wildman–Crippen MR) is 108 cm³/mol. The third kappa shape index (κ3) is 4.27. The Morgan fingerprint density at radius 1 is 1.14 bits per heavy atom. The van der Waals surface area contributed by atoms with Crippen molar-refractivity contribution in [1.82, 2.24) is 14.5 Å². The van der Waals surface area contributed by atoms with Gasteiger partial charge in [0.15, 0.2) is 0 Å². The third-order valence-electron chi connectivity index (χ3n) is 4.76. The Morgan fingerprint density at radius 3 is 2.46 bits per heavy atom. The molecule has 0 fully saturated rings. The maximum atomic E-state index is 13.4. The number of carbonyl (C=O) groups excluding carboxylic acids is 1. The van der Waals surface area contributed by atoms with Crippen molar-refractivity contribution in [2.24, 2.45) is 0 Å². The Kier molecular flexibility index (Phi) is 5.31. The highest BCUT2D eigenvalue weighted by Crippen LogP contribution is 2.22. The van der Waals surface area contributed by atoms with Crippen LogP contribution in [0.4, 0.5) is 4.39 Å². The van der Waals surface area contributed by atoms with E-state index in [0.29, 0.717) is 12.1 Å². The maximum Gasteiger partial charge on any atom is 0.261 e. The van der Waals surface area contributed by atoms with E-state index in [2.05, 4.69) is 37.9 Å². The molecule has 0 aliphatic heterocycles. The van der Waals surface area contributed by atoms with Gasteiger partial charge in [0, 0.05) is 13.6 Å². The summed E-state index contributed by atoms with van der Waals surface area (Å²) in [5.41, 5.74) is 2.29. The molecule has 0 aliphatic carbocycles. The number of aromatic nitrogens is 2. The highest BCUT2D eigenvalue weighted by Gasteiger charge is 2.15. The van der Waals surface area contributed by atoms with Crippen LogP contribution in [0.25, 0.3) is 10.9 Å². The third-order valence-corrected chi connectivity index (χ3v) is 4.76. The molecule has 0 spiro atoms. The first kappa shape index (κ1) is 19.7. The van der Waals surface area contributed by atoms with Crippen LogP contribution in [-0.4, -0.2) is 27.4 Å². The normalized spacial score (nSPS) is 11.6. The lowest BCUT2D eigenvalue weighted by atomic mass is 9.87. The maximum absolute atomic E-state index is 13.4. The molecule has 5 nitrogen and oxygen atoms in total. The van der Waals surface area contributed by atoms with Crippen LogP contribution in [0.1, 0.15) is 31.9 Å². The first-order valence-corrected chi connectivity index (χ1v) is 9.13. The molecule has 3 rings (SSSR count). The van der Waals surface area contributed by atoms with E-state index in [4.69, 9.17) is 0 Å². The summed E-state index contributed by atoms with van der Waals surface area (Å²) in [5.74, 6) is -0.731. The molecule has 0 saturated carbocycles. The van der Waals surface area contributed by atoms with Gasteiger partial charge >= 0.3 is 0 Å². The number of fused-ring (bicyclic) bond motifs is 1. The second-order valence-electron chi connectivity index (χ2n) is 8.04. The van der Waals surface area contributed by atoms with E-state index in [9.17, 15) is 14.0 Å². The summed E-state index contributed by atoms with van der Waals surface area (Å²) >= 11 is 0. The molecule has 146 valence electrons. The largest absolute Gasteiger partial charge is 0.340 e. The molecule has 0 atom stereocenters. The summed E-state index contributed by atoms with van der Waals surface area (Å²) in [5, 5.41) is 0.163. The molecule has 0 bridgehead atoms. The number of likely N-dealkylation sites (N-methyl/N-ethyl adjacent to an activating group) is 1. The van der Waals surface area contributed by atoms with Crippen LogP contribution in [0.3, 0.4) is 0 Å². The second kappa shape index (κ2) is 7.54. The molecule has 0 radical (unpaired) electrons. The van der Waals surface area contributed by atoms with Crippen molar-refractivity contribution in [3.05, 3.63) is 76.1 Å². The number of hydrogen-bond donors (Lipinski definition) is 0. The zero-order valence-electron chi connectivity index (χ0n) is 16.6. The molecule has 0 aliphatic rings. The van der Waals surface area contributed by atoms with Crippen LogP contribution in [-0.2, 0) is 23.3 Å². The molecule has 1 aromatic heterocycles. The Bertz CT molecular complexity index is 1070. The van der Waals surface area contributed by atoms with Crippen LogP contribution in [0.15, 0.2) is 53.6 Å². The SMILES string of the molecule is CN(Cc1ccc(C(C)(C)C)cc1)C(=O)Cn1cnc2ccc(F)cc2c1=O. The van der Waals surface area contributed by atoms with Gasteiger partial charge in [-0.1, -0.05) is 45.0 Å². The lowest BCUT2D eigenvalue weighted by molar-refractivity contribution is -0.131. The molecule has 3 aromatic rings. The highest BCUT2D eigenvalue weighted by atomic mass is 19.1. The quantitative estimate of drug-likeness (QED) is 0.695. The Morgan fingerprint density at radius 2 is 1.82 bits per heavy atom. The molecule has 2 aromatic carbocycles. The van der Waals surface area contributed by atoms with Crippen molar-refractivity contribution in [3.63, 3.8) is 0 Å². The minimum atomic E-state index is -0.508. The van der Waals surface area contributed by atoms with Crippen LogP contribution in [0, 0.1) is 5.82 Å². The van der Waals surface area contributed by atoms with Crippen molar-refractivity contribution >= 4 is 16.8 Å². The van der Waals surface area contributed by atoms with E-state index in [1.807, 2.05) is 12.1 Å². The number of nitrogens with zero attached hydrogens (tertiary/aromatic N) is 3. The molecule has 0 saturated heterocycles. The van der Waals surface area contributed by atoms with Crippen LogP contribution < -0.4 is 5.56 Å². The fourth-order valence-corrected chi connectivity index (χ4v) is 2.98. The van der Waals surface area contributed by atoms with Gasteiger partial charge in [-0.05, 0) is 34.7 Å². The highest BCUT2D eigenvalue weighted by molar-refractivity contribution is 5.79. The van der Waals surface area contributed by atoms with Gasteiger partial charge in [-0.2, -0.15) is 0 Å². The van der Waals surface area contributed by atoms with E-state index < -0.39 is 11.4 Å². The van der Waals surface area contributed by atoms with E-state index in [-0.39, 0.29) is 23.3 Å². The summed E-state index contributed by atoms with van der Waals surface area (Å²) in [6, 6.07) is 12.0. The molecule has 0 unspecified atom stereocenters. The van der Waals surface area contributed by atoms with Crippen molar-refractivity contribution in [2.75, 3.05) is 7.05 Å². The van der Waals surface area contributed by atoms with Crippen LogP contribution in [0.5, 0.6) is 0 Å². The zero-order valence-corrected chi connectivity index (χ0v) is 16.6. The minimum absolute atomic E-state index is 0.0734. The number of amides is 1. The Balaban J connectivity index is 1.73. The first-order valence-electron chi connectivity index (χ1n) is 9.13. The van der Waals surface area contributed by atoms with Gasteiger partial charge in [0.1, 0.15) is 12.4 Å². The monoisotopic (exact) mass is 381 g/mol. The molecule has 1 heterocycles. The van der Waals surface area contributed by atoms with Gasteiger partial charge < -0.3 is 4.90 Å². The average molecular weight is 381 g/mol. The zero-order chi connectivity index (χ0) is 20.5. The second-order valence-corrected chi connectivity index (χ2v) is 8.04.